The van der Waals surface area contributed by atoms with Crippen molar-refractivity contribution in [2.45, 2.75) is 26.2 Å². The number of aromatic nitrogens is 1. The Morgan fingerprint density at radius 1 is 1.38 bits per heavy atom. The fraction of sp³-hybridized carbons (Fsp3) is 0.375. The molecule has 0 bridgehead atoms. The third-order valence-electron chi connectivity index (χ3n) is 3.59. The maximum atomic E-state index is 12.0. The van der Waals surface area contributed by atoms with Crippen molar-refractivity contribution in [1.82, 2.24) is 4.98 Å². The van der Waals surface area contributed by atoms with Crippen LogP contribution < -0.4 is 4.74 Å². The molecule has 5 heteroatoms. The van der Waals surface area contributed by atoms with Gasteiger partial charge in [0.15, 0.2) is 5.89 Å². The standard InChI is InChI=1S/C16H17NO4/c1-10-15(21-11(2)17-10)16(18)20-9-12-7-8-19-14-6-4-3-5-13(12)14/h3-6,12H,7-9H2,1-2H3. The third kappa shape index (κ3) is 2.77. The number of rotatable bonds is 3. The molecular formula is C16H17NO4. The van der Waals surface area contributed by atoms with Gasteiger partial charge in [-0.25, -0.2) is 9.78 Å². The summed E-state index contributed by atoms with van der Waals surface area (Å²) >= 11 is 0. The van der Waals surface area contributed by atoms with Gasteiger partial charge in [0.25, 0.3) is 0 Å². The van der Waals surface area contributed by atoms with Crippen molar-refractivity contribution >= 4 is 5.97 Å². The Bertz CT molecular complexity index is 662. The lowest BCUT2D eigenvalue weighted by Crippen LogP contribution is -2.20. The second kappa shape index (κ2) is 5.60. The van der Waals surface area contributed by atoms with Gasteiger partial charge in [-0.15, -0.1) is 0 Å². The van der Waals surface area contributed by atoms with E-state index in [2.05, 4.69) is 4.98 Å². The lowest BCUT2D eigenvalue weighted by atomic mass is 9.94. The lowest BCUT2D eigenvalue weighted by Gasteiger charge is -2.25. The van der Waals surface area contributed by atoms with Crippen molar-refractivity contribution in [3.8, 4) is 5.75 Å². The number of oxazole rings is 1. The molecule has 0 aliphatic carbocycles. The molecule has 0 fully saturated rings. The van der Waals surface area contributed by atoms with E-state index in [-0.39, 0.29) is 11.7 Å². The fourth-order valence-corrected chi connectivity index (χ4v) is 2.55. The van der Waals surface area contributed by atoms with Crippen LogP contribution in [0.4, 0.5) is 0 Å². The molecule has 0 saturated heterocycles. The van der Waals surface area contributed by atoms with E-state index in [9.17, 15) is 4.79 Å². The van der Waals surface area contributed by atoms with E-state index < -0.39 is 5.97 Å². The summed E-state index contributed by atoms with van der Waals surface area (Å²) in [5, 5.41) is 0. The summed E-state index contributed by atoms with van der Waals surface area (Å²) < 4.78 is 16.3. The van der Waals surface area contributed by atoms with Crippen LogP contribution in [0, 0.1) is 13.8 Å². The highest BCUT2D eigenvalue weighted by Gasteiger charge is 2.24. The van der Waals surface area contributed by atoms with Crippen LogP contribution in [0.2, 0.25) is 0 Å². The van der Waals surface area contributed by atoms with Gasteiger partial charge in [-0.05, 0) is 19.4 Å². The maximum absolute atomic E-state index is 12.0. The van der Waals surface area contributed by atoms with Crippen molar-refractivity contribution in [3.05, 3.63) is 47.2 Å². The van der Waals surface area contributed by atoms with Crippen molar-refractivity contribution in [1.29, 1.82) is 0 Å². The number of esters is 1. The number of ether oxygens (including phenoxy) is 2. The molecule has 1 aromatic heterocycles. The quantitative estimate of drug-likeness (QED) is 0.812. The minimum Gasteiger partial charge on any atom is -0.493 e. The van der Waals surface area contributed by atoms with Gasteiger partial charge < -0.3 is 13.9 Å². The van der Waals surface area contributed by atoms with Crippen molar-refractivity contribution in [3.63, 3.8) is 0 Å². The van der Waals surface area contributed by atoms with Crippen molar-refractivity contribution < 1.29 is 18.7 Å². The monoisotopic (exact) mass is 287 g/mol. The topological polar surface area (TPSA) is 61.6 Å². The van der Waals surface area contributed by atoms with Crippen LogP contribution in [0.1, 0.15) is 40.0 Å². The van der Waals surface area contributed by atoms with Gasteiger partial charge in [0.05, 0.1) is 18.9 Å². The van der Waals surface area contributed by atoms with E-state index in [0.29, 0.717) is 24.8 Å². The number of carbonyl (C=O) groups is 1. The lowest BCUT2D eigenvalue weighted by molar-refractivity contribution is 0.0421. The van der Waals surface area contributed by atoms with Gasteiger partial charge in [-0.2, -0.15) is 0 Å². The van der Waals surface area contributed by atoms with Gasteiger partial charge in [-0.3, -0.25) is 0 Å². The van der Waals surface area contributed by atoms with Crippen molar-refractivity contribution in [2.75, 3.05) is 13.2 Å². The zero-order valence-corrected chi connectivity index (χ0v) is 12.1. The summed E-state index contributed by atoms with van der Waals surface area (Å²) in [5.41, 5.74) is 1.65. The Morgan fingerprint density at radius 2 is 2.19 bits per heavy atom. The second-order valence-corrected chi connectivity index (χ2v) is 5.12. The first-order valence-electron chi connectivity index (χ1n) is 6.98. The first kappa shape index (κ1) is 13.7. The number of benzene rings is 1. The van der Waals surface area contributed by atoms with E-state index in [1.54, 1.807) is 13.8 Å². The molecule has 110 valence electrons. The highest BCUT2D eigenvalue weighted by atomic mass is 16.5. The molecule has 3 rings (SSSR count). The predicted molar refractivity (Wildman–Crippen MR) is 75.6 cm³/mol. The number of aryl methyl sites for hydroxylation is 2. The molecule has 0 radical (unpaired) electrons. The van der Waals surface area contributed by atoms with E-state index in [1.165, 1.54) is 0 Å². The maximum Gasteiger partial charge on any atom is 0.376 e. The first-order chi connectivity index (χ1) is 10.1. The molecule has 2 heterocycles. The largest absolute Gasteiger partial charge is 0.493 e. The van der Waals surface area contributed by atoms with Crippen LogP contribution in [0.5, 0.6) is 5.75 Å². The molecule has 2 aromatic rings. The molecule has 1 unspecified atom stereocenters. The molecule has 1 aliphatic heterocycles. The number of fused-ring (bicyclic) bond motifs is 1. The summed E-state index contributed by atoms with van der Waals surface area (Å²) in [4.78, 5) is 16.1. The van der Waals surface area contributed by atoms with Crippen LogP contribution in [-0.4, -0.2) is 24.2 Å². The van der Waals surface area contributed by atoms with E-state index in [0.717, 1.165) is 17.7 Å². The summed E-state index contributed by atoms with van der Waals surface area (Å²) in [6.45, 7) is 4.40. The molecule has 1 atom stereocenters. The SMILES string of the molecule is Cc1nc(C)c(C(=O)OCC2CCOc3ccccc32)o1. The molecule has 0 N–H and O–H groups in total. The van der Waals surface area contributed by atoms with E-state index in [1.807, 2.05) is 24.3 Å². The zero-order chi connectivity index (χ0) is 14.8. The summed E-state index contributed by atoms with van der Waals surface area (Å²) in [5.74, 6) is 1.22. The molecule has 21 heavy (non-hydrogen) atoms. The minimum atomic E-state index is -0.461. The van der Waals surface area contributed by atoms with Crippen molar-refractivity contribution in [2.24, 2.45) is 0 Å². The van der Waals surface area contributed by atoms with Gasteiger partial charge in [0.1, 0.15) is 5.75 Å². The Labute approximate surface area is 122 Å². The van der Waals surface area contributed by atoms with E-state index >= 15 is 0 Å². The smallest absolute Gasteiger partial charge is 0.376 e. The Morgan fingerprint density at radius 3 is 2.95 bits per heavy atom. The highest BCUT2D eigenvalue weighted by molar-refractivity contribution is 5.87. The summed E-state index contributed by atoms with van der Waals surface area (Å²) in [6, 6.07) is 7.85. The third-order valence-corrected chi connectivity index (χ3v) is 3.59. The molecular weight excluding hydrogens is 270 g/mol. The molecule has 1 aliphatic rings. The number of nitrogens with zero attached hydrogens (tertiary/aromatic N) is 1. The van der Waals surface area contributed by atoms with E-state index in [4.69, 9.17) is 13.9 Å². The Hall–Kier alpha value is -2.30. The summed E-state index contributed by atoms with van der Waals surface area (Å²) in [6.07, 6.45) is 0.832. The van der Waals surface area contributed by atoms with Gasteiger partial charge in [0.2, 0.25) is 5.76 Å². The Balaban J connectivity index is 1.69. The van der Waals surface area contributed by atoms with Gasteiger partial charge >= 0.3 is 5.97 Å². The van der Waals surface area contributed by atoms with Crippen LogP contribution in [0.3, 0.4) is 0 Å². The van der Waals surface area contributed by atoms with Crippen LogP contribution >= 0.6 is 0 Å². The average Bonchev–Trinajstić information content (AvgIpc) is 2.83. The summed E-state index contributed by atoms with van der Waals surface area (Å²) in [7, 11) is 0. The average molecular weight is 287 g/mol. The second-order valence-electron chi connectivity index (χ2n) is 5.12. The first-order valence-corrected chi connectivity index (χ1v) is 6.98. The minimum absolute atomic E-state index is 0.156. The predicted octanol–water partition coefficient (Wildman–Crippen LogP) is 3.01. The fourth-order valence-electron chi connectivity index (χ4n) is 2.55. The molecule has 0 amide bonds. The number of carbonyl (C=O) groups excluding carboxylic acids is 1. The molecule has 0 saturated carbocycles. The van der Waals surface area contributed by atoms with Crippen LogP contribution in [0.15, 0.2) is 28.7 Å². The highest BCUT2D eigenvalue weighted by Crippen LogP contribution is 2.33. The van der Waals surface area contributed by atoms with Gasteiger partial charge in [-0.1, -0.05) is 18.2 Å². The number of para-hydroxylation sites is 1. The zero-order valence-electron chi connectivity index (χ0n) is 12.1. The van der Waals surface area contributed by atoms with Crippen LogP contribution in [0.25, 0.3) is 0 Å². The molecule has 0 spiro atoms. The Kier molecular flexibility index (Phi) is 3.64. The van der Waals surface area contributed by atoms with Gasteiger partial charge in [0, 0.05) is 18.4 Å². The molecule has 5 nitrogen and oxygen atoms in total. The number of hydrogen-bond donors (Lipinski definition) is 0. The molecule has 1 aromatic carbocycles. The normalized spacial score (nSPS) is 17.0. The van der Waals surface area contributed by atoms with Crippen LogP contribution in [-0.2, 0) is 4.74 Å². The number of hydrogen-bond acceptors (Lipinski definition) is 5.